The van der Waals surface area contributed by atoms with Crippen LogP contribution in [0.25, 0.3) is 0 Å². The van der Waals surface area contributed by atoms with Gasteiger partial charge in [0.2, 0.25) is 5.91 Å². The van der Waals surface area contributed by atoms with E-state index in [2.05, 4.69) is 41.4 Å². The Morgan fingerprint density at radius 2 is 1.88 bits per heavy atom. The van der Waals surface area contributed by atoms with E-state index >= 15 is 0 Å². The molecule has 1 aromatic rings. The second kappa shape index (κ2) is 7.64. The fraction of sp³-hybridized carbons (Fsp3) is 0.632. The molecule has 1 aliphatic heterocycles. The highest BCUT2D eigenvalue weighted by Gasteiger charge is 2.37. The van der Waals surface area contributed by atoms with Crippen LogP contribution in [0.15, 0.2) is 24.3 Å². The number of rotatable bonds is 5. The van der Waals surface area contributed by atoms with Crippen molar-refractivity contribution < 1.29 is 9.53 Å². The molecule has 0 radical (unpaired) electrons. The summed E-state index contributed by atoms with van der Waals surface area (Å²) in [4.78, 5) is 15.0. The topological polar surface area (TPSA) is 67.6 Å². The molecule has 24 heavy (non-hydrogen) atoms. The standard InChI is InChI=1S/C19H29N3O2/c1-15-4-6-16(7-5-15)17(22-10-12-24-13-11-22)14-21-18(23)19(20)8-2-3-9-19/h4-7,17H,2-3,8-14,20H2,1H3,(H,21,23). The molecule has 0 bridgehead atoms. The first-order chi connectivity index (χ1) is 11.6. The number of hydrogen-bond donors (Lipinski definition) is 2. The molecule has 132 valence electrons. The number of nitrogens with two attached hydrogens (primary N) is 1. The summed E-state index contributed by atoms with van der Waals surface area (Å²) in [5.74, 6) is 0.00497. The average molecular weight is 331 g/mol. The molecule has 1 saturated heterocycles. The molecule has 0 aromatic heterocycles. The normalized spacial score (nSPS) is 22.2. The highest BCUT2D eigenvalue weighted by molar-refractivity contribution is 5.86. The molecule has 1 amide bonds. The first kappa shape index (κ1) is 17.4. The van der Waals surface area contributed by atoms with Crippen molar-refractivity contribution in [2.24, 2.45) is 5.73 Å². The molecule has 2 aliphatic rings. The molecule has 5 heteroatoms. The Morgan fingerprint density at radius 1 is 1.25 bits per heavy atom. The van der Waals surface area contributed by atoms with Gasteiger partial charge in [-0.15, -0.1) is 0 Å². The smallest absolute Gasteiger partial charge is 0.240 e. The highest BCUT2D eigenvalue weighted by Crippen LogP contribution is 2.28. The maximum Gasteiger partial charge on any atom is 0.240 e. The van der Waals surface area contributed by atoms with E-state index in [4.69, 9.17) is 10.5 Å². The fourth-order valence-electron chi connectivity index (χ4n) is 3.73. The Kier molecular flexibility index (Phi) is 5.54. The van der Waals surface area contributed by atoms with E-state index in [1.54, 1.807) is 0 Å². The molecule has 3 rings (SSSR count). The Labute approximate surface area is 144 Å². The minimum Gasteiger partial charge on any atom is -0.379 e. The van der Waals surface area contributed by atoms with Gasteiger partial charge in [-0.25, -0.2) is 0 Å². The molecule has 1 aromatic carbocycles. The largest absolute Gasteiger partial charge is 0.379 e. The number of aryl methyl sites for hydroxylation is 1. The molecule has 5 nitrogen and oxygen atoms in total. The Balaban J connectivity index is 1.69. The predicted octanol–water partition coefficient (Wildman–Crippen LogP) is 1.76. The lowest BCUT2D eigenvalue weighted by atomic mass is 9.97. The number of carbonyl (C=O) groups is 1. The quantitative estimate of drug-likeness (QED) is 0.863. The maximum absolute atomic E-state index is 12.6. The number of benzene rings is 1. The highest BCUT2D eigenvalue weighted by atomic mass is 16.5. The van der Waals surface area contributed by atoms with E-state index in [0.29, 0.717) is 6.54 Å². The summed E-state index contributed by atoms with van der Waals surface area (Å²) in [6, 6.07) is 8.76. The van der Waals surface area contributed by atoms with Gasteiger partial charge in [-0.05, 0) is 25.3 Å². The van der Waals surface area contributed by atoms with Crippen LogP contribution < -0.4 is 11.1 Å². The van der Waals surface area contributed by atoms with E-state index in [9.17, 15) is 4.79 Å². The van der Waals surface area contributed by atoms with Crippen molar-refractivity contribution in [3.8, 4) is 0 Å². The zero-order valence-electron chi connectivity index (χ0n) is 14.6. The summed E-state index contributed by atoms with van der Waals surface area (Å²) in [6.07, 6.45) is 3.70. The van der Waals surface area contributed by atoms with E-state index in [0.717, 1.165) is 52.0 Å². The van der Waals surface area contributed by atoms with E-state index in [1.165, 1.54) is 11.1 Å². The lowest BCUT2D eigenvalue weighted by Crippen LogP contribution is -2.54. The van der Waals surface area contributed by atoms with Gasteiger partial charge >= 0.3 is 0 Å². The molecule has 0 spiro atoms. The molecule has 1 atom stereocenters. The van der Waals surface area contributed by atoms with Crippen LogP contribution >= 0.6 is 0 Å². The van der Waals surface area contributed by atoms with Gasteiger partial charge < -0.3 is 15.8 Å². The van der Waals surface area contributed by atoms with Crippen molar-refractivity contribution in [2.45, 2.75) is 44.2 Å². The molecule has 1 aliphatic carbocycles. The number of nitrogens with one attached hydrogen (secondary N) is 1. The molecule has 2 fully saturated rings. The van der Waals surface area contributed by atoms with Crippen molar-refractivity contribution in [3.05, 3.63) is 35.4 Å². The van der Waals surface area contributed by atoms with E-state index in [1.807, 2.05) is 0 Å². The molecule has 1 saturated carbocycles. The monoisotopic (exact) mass is 331 g/mol. The lowest BCUT2D eigenvalue weighted by molar-refractivity contribution is -0.126. The predicted molar refractivity (Wildman–Crippen MR) is 94.7 cm³/mol. The molecular formula is C19H29N3O2. The van der Waals surface area contributed by atoms with Crippen LogP contribution in [0.2, 0.25) is 0 Å². The third kappa shape index (κ3) is 3.97. The number of ether oxygens (including phenoxy) is 1. The van der Waals surface area contributed by atoms with Crippen molar-refractivity contribution in [1.29, 1.82) is 0 Å². The van der Waals surface area contributed by atoms with Gasteiger partial charge in [-0.2, -0.15) is 0 Å². The Hall–Kier alpha value is -1.43. The fourth-order valence-corrected chi connectivity index (χ4v) is 3.73. The van der Waals surface area contributed by atoms with Crippen LogP contribution in [-0.2, 0) is 9.53 Å². The van der Waals surface area contributed by atoms with E-state index in [-0.39, 0.29) is 11.9 Å². The SMILES string of the molecule is Cc1ccc(C(CNC(=O)C2(N)CCCC2)N2CCOCC2)cc1. The second-order valence-electron chi connectivity index (χ2n) is 7.15. The van der Waals surface area contributed by atoms with Crippen LogP contribution in [0.5, 0.6) is 0 Å². The first-order valence-corrected chi connectivity index (χ1v) is 9.04. The van der Waals surface area contributed by atoms with Crippen LogP contribution in [-0.4, -0.2) is 49.2 Å². The van der Waals surface area contributed by atoms with Crippen molar-refractivity contribution in [1.82, 2.24) is 10.2 Å². The van der Waals surface area contributed by atoms with Crippen molar-refractivity contribution in [3.63, 3.8) is 0 Å². The maximum atomic E-state index is 12.6. The first-order valence-electron chi connectivity index (χ1n) is 9.04. The lowest BCUT2D eigenvalue weighted by Gasteiger charge is -2.35. The van der Waals surface area contributed by atoms with Crippen LogP contribution in [0.3, 0.4) is 0 Å². The van der Waals surface area contributed by atoms with Gasteiger partial charge in [0.25, 0.3) is 0 Å². The Bertz CT molecular complexity index is 546. The minimum absolute atomic E-state index is 0.00497. The summed E-state index contributed by atoms with van der Waals surface area (Å²) in [5.41, 5.74) is 8.10. The van der Waals surface area contributed by atoms with E-state index < -0.39 is 5.54 Å². The van der Waals surface area contributed by atoms with Gasteiger partial charge in [-0.3, -0.25) is 9.69 Å². The van der Waals surface area contributed by atoms with Gasteiger partial charge in [0, 0.05) is 19.6 Å². The molecule has 1 unspecified atom stereocenters. The van der Waals surface area contributed by atoms with Crippen LogP contribution in [0, 0.1) is 6.92 Å². The summed E-state index contributed by atoms with van der Waals surface area (Å²) in [6.45, 7) is 5.97. The number of carbonyl (C=O) groups excluding carboxylic acids is 1. The van der Waals surface area contributed by atoms with Gasteiger partial charge in [0.05, 0.1) is 24.8 Å². The van der Waals surface area contributed by atoms with Gasteiger partial charge in [0.1, 0.15) is 0 Å². The van der Waals surface area contributed by atoms with Crippen molar-refractivity contribution in [2.75, 3.05) is 32.8 Å². The minimum atomic E-state index is -0.664. The third-order valence-corrected chi connectivity index (χ3v) is 5.35. The number of amides is 1. The number of morpholine rings is 1. The van der Waals surface area contributed by atoms with Gasteiger partial charge in [-0.1, -0.05) is 42.7 Å². The number of nitrogens with zero attached hydrogens (tertiary/aromatic N) is 1. The zero-order valence-corrected chi connectivity index (χ0v) is 14.6. The summed E-state index contributed by atoms with van der Waals surface area (Å²) < 4.78 is 5.48. The van der Waals surface area contributed by atoms with Crippen molar-refractivity contribution >= 4 is 5.91 Å². The average Bonchev–Trinajstić information content (AvgIpc) is 3.05. The van der Waals surface area contributed by atoms with Crippen LogP contribution in [0.4, 0.5) is 0 Å². The zero-order chi connectivity index (χ0) is 17.0. The summed E-state index contributed by atoms with van der Waals surface area (Å²) >= 11 is 0. The number of hydrogen-bond acceptors (Lipinski definition) is 4. The van der Waals surface area contributed by atoms with Crippen LogP contribution in [0.1, 0.15) is 42.9 Å². The van der Waals surface area contributed by atoms with Gasteiger partial charge in [0.15, 0.2) is 0 Å². The third-order valence-electron chi connectivity index (χ3n) is 5.35. The summed E-state index contributed by atoms with van der Waals surface area (Å²) in [5, 5.41) is 3.13. The Morgan fingerprint density at radius 3 is 2.50 bits per heavy atom. The summed E-state index contributed by atoms with van der Waals surface area (Å²) in [7, 11) is 0. The second-order valence-corrected chi connectivity index (χ2v) is 7.15. The molecular weight excluding hydrogens is 302 g/mol. The molecule has 1 heterocycles. The molecule has 3 N–H and O–H groups in total.